The first-order valence-corrected chi connectivity index (χ1v) is 3.37. The third-order valence-electron chi connectivity index (χ3n) is 1.75. The second kappa shape index (κ2) is 3.15. The molecule has 1 aliphatic rings. The predicted molar refractivity (Wildman–Crippen MR) is 34.1 cm³/mol. The Morgan fingerprint density at radius 3 is 2.78 bits per heavy atom. The Hall–Kier alpha value is -0.120. The van der Waals surface area contributed by atoms with Gasteiger partial charge >= 0.3 is 0 Å². The first kappa shape index (κ1) is 6.99. The maximum absolute atomic E-state index is 9.15. The van der Waals surface area contributed by atoms with Gasteiger partial charge in [0.15, 0.2) is 0 Å². The lowest BCUT2D eigenvalue weighted by Crippen LogP contribution is -2.30. The van der Waals surface area contributed by atoms with E-state index in [2.05, 4.69) is 5.32 Å². The van der Waals surface area contributed by atoms with Gasteiger partial charge in [-0.1, -0.05) is 0 Å². The van der Waals surface area contributed by atoms with Crippen LogP contribution >= 0.6 is 0 Å². The van der Waals surface area contributed by atoms with Gasteiger partial charge in [-0.3, -0.25) is 0 Å². The van der Waals surface area contributed by atoms with Gasteiger partial charge in [-0.05, 0) is 19.4 Å². The van der Waals surface area contributed by atoms with Crippen molar-refractivity contribution in [1.29, 1.82) is 0 Å². The van der Waals surface area contributed by atoms with E-state index in [1.54, 1.807) is 0 Å². The predicted octanol–water partition coefficient (Wildman–Crippen LogP) is -0.908. The normalized spacial score (nSPS) is 35.3. The highest BCUT2D eigenvalue weighted by atomic mass is 16.3. The zero-order valence-corrected chi connectivity index (χ0v) is 5.38. The summed E-state index contributed by atoms with van der Waals surface area (Å²) >= 11 is 0. The fourth-order valence-corrected chi connectivity index (χ4v) is 1.19. The average Bonchev–Trinajstić information content (AvgIpc) is 2.18. The molecule has 54 valence electrons. The van der Waals surface area contributed by atoms with Gasteiger partial charge in [0, 0.05) is 12.6 Å². The standard InChI is InChI=1S/C6H13NO2/c8-4-2-5-6(9)1-3-7-5/h5-9H,1-4H2/t5-,6-/m0/s1. The van der Waals surface area contributed by atoms with Crippen molar-refractivity contribution in [2.75, 3.05) is 13.2 Å². The maximum Gasteiger partial charge on any atom is 0.0706 e. The highest BCUT2D eigenvalue weighted by Gasteiger charge is 2.23. The molecule has 3 nitrogen and oxygen atoms in total. The van der Waals surface area contributed by atoms with Crippen molar-refractivity contribution in [2.45, 2.75) is 25.0 Å². The lowest BCUT2D eigenvalue weighted by molar-refractivity contribution is 0.141. The van der Waals surface area contributed by atoms with Crippen molar-refractivity contribution in [3.05, 3.63) is 0 Å². The SMILES string of the molecule is OCC[C@@H]1NCC[C@@H]1O. The molecule has 0 amide bonds. The molecule has 1 fully saturated rings. The quantitative estimate of drug-likeness (QED) is 0.455. The molecule has 0 bridgehead atoms. The van der Waals surface area contributed by atoms with Crippen molar-refractivity contribution in [1.82, 2.24) is 5.32 Å². The molecule has 2 atom stereocenters. The average molecular weight is 131 g/mol. The number of aliphatic hydroxyl groups excluding tert-OH is 2. The summed E-state index contributed by atoms with van der Waals surface area (Å²) < 4.78 is 0. The summed E-state index contributed by atoms with van der Waals surface area (Å²) in [5.74, 6) is 0. The molecule has 0 aromatic heterocycles. The Labute approximate surface area is 54.7 Å². The van der Waals surface area contributed by atoms with Crippen molar-refractivity contribution < 1.29 is 10.2 Å². The third-order valence-corrected chi connectivity index (χ3v) is 1.75. The summed E-state index contributed by atoms with van der Waals surface area (Å²) in [6, 6.07) is 0.134. The molecule has 0 aromatic carbocycles. The fraction of sp³-hybridized carbons (Fsp3) is 1.00. The molecule has 0 aliphatic carbocycles. The van der Waals surface area contributed by atoms with Crippen LogP contribution in [-0.4, -0.2) is 35.5 Å². The van der Waals surface area contributed by atoms with Crippen LogP contribution in [0.3, 0.4) is 0 Å². The largest absolute Gasteiger partial charge is 0.396 e. The lowest BCUT2D eigenvalue weighted by atomic mass is 10.1. The van der Waals surface area contributed by atoms with Crippen LogP contribution in [0.2, 0.25) is 0 Å². The minimum atomic E-state index is -0.239. The summed E-state index contributed by atoms with van der Waals surface area (Å²) in [5, 5.41) is 20.7. The molecule has 0 radical (unpaired) electrons. The zero-order chi connectivity index (χ0) is 6.69. The Morgan fingerprint density at radius 2 is 2.33 bits per heavy atom. The highest BCUT2D eigenvalue weighted by Crippen LogP contribution is 2.08. The summed E-state index contributed by atoms with van der Waals surface area (Å²) in [7, 11) is 0. The molecule has 0 spiro atoms. The van der Waals surface area contributed by atoms with Gasteiger partial charge < -0.3 is 15.5 Å². The van der Waals surface area contributed by atoms with E-state index in [1.165, 1.54) is 0 Å². The molecule has 9 heavy (non-hydrogen) atoms. The molecule has 1 rings (SSSR count). The molecule has 1 saturated heterocycles. The summed E-state index contributed by atoms with van der Waals surface area (Å²) in [5.41, 5.74) is 0. The van der Waals surface area contributed by atoms with Crippen molar-refractivity contribution >= 4 is 0 Å². The van der Waals surface area contributed by atoms with E-state index in [9.17, 15) is 0 Å². The fourth-order valence-electron chi connectivity index (χ4n) is 1.19. The van der Waals surface area contributed by atoms with Crippen molar-refractivity contribution in [3.63, 3.8) is 0 Å². The lowest BCUT2D eigenvalue weighted by Gasteiger charge is -2.11. The minimum absolute atomic E-state index is 0.134. The van der Waals surface area contributed by atoms with E-state index in [4.69, 9.17) is 10.2 Å². The number of nitrogens with one attached hydrogen (secondary N) is 1. The molecule has 0 saturated carbocycles. The topological polar surface area (TPSA) is 52.5 Å². The molecule has 3 N–H and O–H groups in total. The zero-order valence-electron chi connectivity index (χ0n) is 5.38. The molecule has 0 aromatic rings. The van der Waals surface area contributed by atoms with Gasteiger partial charge in [0.1, 0.15) is 0 Å². The van der Waals surface area contributed by atoms with Crippen LogP contribution in [0.15, 0.2) is 0 Å². The smallest absolute Gasteiger partial charge is 0.0706 e. The van der Waals surface area contributed by atoms with Crippen LogP contribution in [0.5, 0.6) is 0 Å². The molecule has 3 heteroatoms. The first-order valence-electron chi connectivity index (χ1n) is 3.37. The van der Waals surface area contributed by atoms with Crippen LogP contribution in [0, 0.1) is 0 Å². The van der Waals surface area contributed by atoms with E-state index >= 15 is 0 Å². The van der Waals surface area contributed by atoms with Gasteiger partial charge in [-0.25, -0.2) is 0 Å². The minimum Gasteiger partial charge on any atom is -0.396 e. The molecule has 0 unspecified atom stereocenters. The van der Waals surface area contributed by atoms with Crippen LogP contribution in [0.4, 0.5) is 0 Å². The van der Waals surface area contributed by atoms with Crippen molar-refractivity contribution in [2.24, 2.45) is 0 Å². The monoisotopic (exact) mass is 131 g/mol. The second-order valence-corrected chi connectivity index (χ2v) is 2.43. The Morgan fingerprint density at radius 1 is 1.56 bits per heavy atom. The van der Waals surface area contributed by atoms with Gasteiger partial charge in [0.2, 0.25) is 0 Å². The highest BCUT2D eigenvalue weighted by molar-refractivity contribution is 4.82. The second-order valence-electron chi connectivity index (χ2n) is 2.43. The van der Waals surface area contributed by atoms with Gasteiger partial charge in [0.05, 0.1) is 6.10 Å². The van der Waals surface area contributed by atoms with Crippen LogP contribution < -0.4 is 5.32 Å². The first-order chi connectivity index (χ1) is 4.34. The van der Waals surface area contributed by atoms with Crippen LogP contribution in [0.25, 0.3) is 0 Å². The number of hydrogen-bond donors (Lipinski definition) is 3. The molecular formula is C6H13NO2. The molecule has 1 heterocycles. The van der Waals surface area contributed by atoms with E-state index in [-0.39, 0.29) is 18.8 Å². The Bertz CT molecular complexity index is 87.1. The summed E-state index contributed by atoms with van der Waals surface area (Å²) in [6.45, 7) is 1.04. The van der Waals surface area contributed by atoms with Gasteiger partial charge in [-0.2, -0.15) is 0 Å². The van der Waals surface area contributed by atoms with E-state index < -0.39 is 0 Å². The Balaban J connectivity index is 2.22. The third kappa shape index (κ3) is 1.64. The number of aliphatic hydroxyl groups is 2. The number of rotatable bonds is 2. The van der Waals surface area contributed by atoms with E-state index in [1.807, 2.05) is 0 Å². The van der Waals surface area contributed by atoms with E-state index in [0.717, 1.165) is 13.0 Å². The van der Waals surface area contributed by atoms with E-state index in [0.29, 0.717) is 6.42 Å². The van der Waals surface area contributed by atoms with Crippen molar-refractivity contribution in [3.8, 4) is 0 Å². The molecule has 1 aliphatic heterocycles. The van der Waals surface area contributed by atoms with Gasteiger partial charge in [0.25, 0.3) is 0 Å². The maximum atomic E-state index is 9.15. The summed E-state index contributed by atoms with van der Waals surface area (Å²) in [4.78, 5) is 0. The van der Waals surface area contributed by atoms with Crippen LogP contribution in [0.1, 0.15) is 12.8 Å². The summed E-state index contributed by atoms with van der Waals surface area (Å²) in [6.07, 6.45) is 1.25. The molecular weight excluding hydrogens is 118 g/mol. The number of hydrogen-bond acceptors (Lipinski definition) is 3. The van der Waals surface area contributed by atoms with Crippen LogP contribution in [-0.2, 0) is 0 Å². The Kier molecular flexibility index (Phi) is 2.45. The van der Waals surface area contributed by atoms with Gasteiger partial charge in [-0.15, -0.1) is 0 Å².